The van der Waals surface area contributed by atoms with Crippen LogP contribution in [0.4, 0.5) is 8.78 Å². The highest BCUT2D eigenvalue weighted by atomic mass is 19.1. The lowest BCUT2D eigenvalue weighted by Crippen LogP contribution is -2.39. The number of nitrogens with two attached hydrogens (primary N) is 1. The highest BCUT2D eigenvalue weighted by Gasteiger charge is 2.39. The summed E-state index contributed by atoms with van der Waals surface area (Å²) in [6.45, 7) is 5.90. The fourth-order valence-electron chi connectivity index (χ4n) is 3.42. The van der Waals surface area contributed by atoms with Crippen LogP contribution in [0.25, 0.3) is 0 Å². The smallest absolute Gasteiger partial charge is 0.191 e. The van der Waals surface area contributed by atoms with Gasteiger partial charge in [0.1, 0.15) is 11.6 Å². The Morgan fingerprint density at radius 1 is 1.18 bits per heavy atom. The average Bonchev–Trinajstić information content (AvgIpc) is 2.96. The molecule has 1 fully saturated rings. The SMILES string of the molecule is CCN(CC)C(N)=NCC1(c2c(F)cccc2F)CCCC1. The van der Waals surface area contributed by atoms with E-state index in [1.54, 1.807) is 0 Å². The van der Waals surface area contributed by atoms with E-state index in [4.69, 9.17) is 5.73 Å². The summed E-state index contributed by atoms with van der Waals surface area (Å²) in [6.07, 6.45) is 3.43. The Hall–Kier alpha value is -1.65. The van der Waals surface area contributed by atoms with Gasteiger partial charge in [0.05, 0.1) is 6.54 Å². The Labute approximate surface area is 131 Å². The molecule has 0 aromatic heterocycles. The first-order valence-corrected chi connectivity index (χ1v) is 8.03. The molecular weight excluding hydrogens is 284 g/mol. The molecule has 0 radical (unpaired) electrons. The van der Waals surface area contributed by atoms with Crippen molar-refractivity contribution in [2.45, 2.75) is 44.9 Å². The van der Waals surface area contributed by atoms with Crippen LogP contribution >= 0.6 is 0 Å². The quantitative estimate of drug-likeness (QED) is 0.669. The van der Waals surface area contributed by atoms with E-state index in [2.05, 4.69) is 4.99 Å². The molecule has 0 aliphatic heterocycles. The molecule has 0 spiro atoms. The fraction of sp³-hybridized carbons (Fsp3) is 0.588. The Balaban J connectivity index is 2.32. The summed E-state index contributed by atoms with van der Waals surface area (Å²) in [4.78, 5) is 6.41. The second-order valence-electron chi connectivity index (χ2n) is 5.93. The highest BCUT2D eigenvalue weighted by molar-refractivity contribution is 5.78. The minimum Gasteiger partial charge on any atom is -0.370 e. The molecule has 0 saturated heterocycles. The minimum absolute atomic E-state index is 0.184. The maximum Gasteiger partial charge on any atom is 0.191 e. The number of guanidine groups is 1. The van der Waals surface area contributed by atoms with Crippen LogP contribution in [0.5, 0.6) is 0 Å². The summed E-state index contributed by atoms with van der Waals surface area (Å²) < 4.78 is 28.5. The van der Waals surface area contributed by atoms with Crippen molar-refractivity contribution in [2.75, 3.05) is 19.6 Å². The van der Waals surface area contributed by atoms with Gasteiger partial charge in [0.25, 0.3) is 0 Å². The van der Waals surface area contributed by atoms with Gasteiger partial charge < -0.3 is 10.6 Å². The second-order valence-corrected chi connectivity index (χ2v) is 5.93. The summed E-state index contributed by atoms with van der Waals surface area (Å²) in [5.41, 5.74) is 5.64. The van der Waals surface area contributed by atoms with Gasteiger partial charge in [-0.25, -0.2) is 8.78 Å². The van der Waals surface area contributed by atoms with Gasteiger partial charge in [-0.1, -0.05) is 18.9 Å². The molecule has 0 bridgehead atoms. The summed E-state index contributed by atoms with van der Waals surface area (Å²) in [7, 11) is 0. The monoisotopic (exact) mass is 309 g/mol. The van der Waals surface area contributed by atoms with Crippen molar-refractivity contribution < 1.29 is 8.78 Å². The summed E-state index contributed by atoms with van der Waals surface area (Å²) >= 11 is 0. The molecule has 3 nitrogen and oxygen atoms in total. The first-order chi connectivity index (χ1) is 10.5. The number of nitrogens with zero attached hydrogens (tertiary/aromatic N) is 2. The molecule has 2 N–H and O–H groups in total. The molecule has 122 valence electrons. The van der Waals surface area contributed by atoms with Crippen molar-refractivity contribution in [3.05, 3.63) is 35.4 Å². The Morgan fingerprint density at radius 3 is 2.23 bits per heavy atom. The largest absolute Gasteiger partial charge is 0.370 e. The molecule has 5 heteroatoms. The number of rotatable bonds is 5. The third-order valence-electron chi connectivity index (χ3n) is 4.68. The molecular formula is C17H25F2N3. The van der Waals surface area contributed by atoms with Crippen molar-refractivity contribution in [1.82, 2.24) is 4.90 Å². The predicted molar refractivity (Wildman–Crippen MR) is 85.9 cm³/mol. The first-order valence-electron chi connectivity index (χ1n) is 8.03. The van der Waals surface area contributed by atoms with Gasteiger partial charge >= 0.3 is 0 Å². The molecule has 0 unspecified atom stereocenters. The van der Waals surface area contributed by atoms with E-state index in [0.717, 1.165) is 38.8 Å². The van der Waals surface area contributed by atoms with Crippen LogP contribution < -0.4 is 5.73 Å². The number of aliphatic imine (C=N–C) groups is 1. The zero-order valence-corrected chi connectivity index (χ0v) is 13.4. The van der Waals surface area contributed by atoms with Crippen molar-refractivity contribution >= 4 is 5.96 Å². The highest BCUT2D eigenvalue weighted by Crippen LogP contribution is 2.43. The predicted octanol–water partition coefficient (Wildman–Crippen LogP) is 3.43. The van der Waals surface area contributed by atoms with Crippen LogP contribution in [-0.4, -0.2) is 30.5 Å². The summed E-state index contributed by atoms with van der Waals surface area (Å²) in [6, 6.07) is 4.07. The van der Waals surface area contributed by atoms with Gasteiger partial charge in [0, 0.05) is 24.1 Å². The van der Waals surface area contributed by atoms with Crippen LogP contribution in [0.3, 0.4) is 0 Å². The fourth-order valence-corrected chi connectivity index (χ4v) is 3.42. The lowest BCUT2D eigenvalue weighted by molar-refractivity contribution is 0.395. The number of hydrogen-bond acceptors (Lipinski definition) is 1. The molecule has 0 amide bonds. The molecule has 22 heavy (non-hydrogen) atoms. The first kappa shape index (κ1) is 16.7. The van der Waals surface area contributed by atoms with Crippen LogP contribution in [-0.2, 0) is 5.41 Å². The lowest BCUT2D eigenvalue weighted by atomic mass is 9.78. The Bertz CT molecular complexity index is 512. The van der Waals surface area contributed by atoms with E-state index < -0.39 is 17.0 Å². The molecule has 2 rings (SSSR count). The van der Waals surface area contributed by atoms with Crippen LogP contribution in [0, 0.1) is 11.6 Å². The zero-order valence-electron chi connectivity index (χ0n) is 13.4. The summed E-state index contributed by atoms with van der Waals surface area (Å²) in [5, 5.41) is 0. The van der Waals surface area contributed by atoms with Crippen LogP contribution in [0.2, 0.25) is 0 Å². The van der Waals surface area contributed by atoms with E-state index in [0.29, 0.717) is 12.5 Å². The number of benzene rings is 1. The van der Waals surface area contributed by atoms with Crippen molar-refractivity contribution in [3.8, 4) is 0 Å². The zero-order chi connectivity index (χ0) is 16.2. The van der Waals surface area contributed by atoms with Crippen molar-refractivity contribution in [1.29, 1.82) is 0 Å². The molecule has 0 atom stereocenters. The minimum atomic E-state index is -0.562. The molecule has 1 aliphatic carbocycles. The van der Waals surface area contributed by atoms with Crippen LogP contribution in [0.15, 0.2) is 23.2 Å². The van der Waals surface area contributed by atoms with Gasteiger partial charge in [-0.2, -0.15) is 0 Å². The molecule has 1 aromatic carbocycles. The third-order valence-corrected chi connectivity index (χ3v) is 4.68. The maximum absolute atomic E-state index is 14.2. The van der Waals surface area contributed by atoms with E-state index in [1.807, 2.05) is 18.7 Å². The molecule has 1 aromatic rings. The van der Waals surface area contributed by atoms with Gasteiger partial charge in [0.2, 0.25) is 0 Å². The normalized spacial score (nSPS) is 17.7. The van der Waals surface area contributed by atoms with E-state index >= 15 is 0 Å². The van der Waals surface area contributed by atoms with Crippen molar-refractivity contribution in [3.63, 3.8) is 0 Å². The molecule has 0 heterocycles. The summed E-state index contributed by atoms with van der Waals surface area (Å²) in [5.74, 6) is -0.495. The van der Waals surface area contributed by atoms with Gasteiger partial charge in [-0.15, -0.1) is 0 Å². The van der Waals surface area contributed by atoms with Crippen LogP contribution in [0.1, 0.15) is 45.1 Å². The van der Waals surface area contributed by atoms with E-state index in [-0.39, 0.29) is 5.56 Å². The third kappa shape index (κ3) is 3.23. The number of halogens is 2. The Morgan fingerprint density at radius 2 is 1.73 bits per heavy atom. The lowest BCUT2D eigenvalue weighted by Gasteiger charge is -2.29. The van der Waals surface area contributed by atoms with Gasteiger partial charge in [-0.05, 0) is 38.8 Å². The molecule has 1 saturated carbocycles. The standard InChI is InChI=1S/C17H25F2N3/c1-3-22(4-2)16(20)21-12-17(10-5-6-11-17)15-13(18)8-7-9-14(15)19/h7-9H,3-6,10-12H2,1-2H3,(H2,20,21). The van der Waals surface area contributed by atoms with Gasteiger partial charge in [-0.3, -0.25) is 4.99 Å². The van der Waals surface area contributed by atoms with Crippen molar-refractivity contribution in [2.24, 2.45) is 10.7 Å². The Kier molecular flexibility index (Phi) is 5.37. The average molecular weight is 309 g/mol. The van der Waals surface area contributed by atoms with Gasteiger partial charge in [0.15, 0.2) is 5.96 Å². The topological polar surface area (TPSA) is 41.6 Å². The van der Waals surface area contributed by atoms with E-state index in [1.165, 1.54) is 18.2 Å². The maximum atomic E-state index is 14.2. The van der Waals surface area contributed by atoms with E-state index in [9.17, 15) is 8.78 Å². The number of hydrogen-bond donors (Lipinski definition) is 1. The molecule has 1 aliphatic rings. The second kappa shape index (κ2) is 7.07.